The summed E-state index contributed by atoms with van der Waals surface area (Å²) >= 11 is 0. The summed E-state index contributed by atoms with van der Waals surface area (Å²) in [4.78, 5) is 19.9. The number of nitriles is 1. The molecule has 0 amide bonds. The van der Waals surface area contributed by atoms with Gasteiger partial charge >= 0.3 is 0 Å². The molecular formula is C25H31N9O. The van der Waals surface area contributed by atoms with E-state index in [9.17, 15) is 5.26 Å². The number of hydrogen-bond donors (Lipinski definition) is 2. The molecule has 1 fully saturated rings. The summed E-state index contributed by atoms with van der Waals surface area (Å²) in [5, 5.41) is 16.1. The maximum atomic E-state index is 9.60. The Morgan fingerprint density at radius 3 is 2.54 bits per heavy atom. The maximum absolute atomic E-state index is 9.60. The molecule has 0 spiro atoms. The molecule has 0 atom stereocenters. The van der Waals surface area contributed by atoms with Crippen molar-refractivity contribution in [3.8, 4) is 11.8 Å². The third kappa shape index (κ3) is 5.36. The van der Waals surface area contributed by atoms with Gasteiger partial charge in [-0.15, -0.1) is 0 Å². The third-order valence-electron chi connectivity index (χ3n) is 5.98. The maximum Gasteiger partial charge on any atom is 0.229 e. The predicted molar refractivity (Wildman–Crippen MR) is 139 cm³/mol. The molecule has 10 heteroatoms. The van der Waals surface area contributed by atoms with Crippen molar-refractivity contribution < 1.29 is 4.74 Å². The number of anilines is 6. The van der Waals surface area contributed by atoms with Crippen LogP contribution in [-0.2, 0) is 0 Å². The van der Waals surface area contributed by atoms with E-state index >= 15 is 0 Å². The van der Waals surface area contributed by atoms with Crippen LogP contribution in [0.4, 0.5) is 34.6 Å². The summed E-state index contributed by atoms with van der Waals surface area (Å²) in [6, 6.07) is 9.98. The van der Waals surface area contributed by atoms with Gasteiger partial charge in [-0.3, -0.25) is 0 Å². The average Bonchev–Trinajstić information content (AvgIpc) is 2.85. The fraction of sp³-hybridized carbons (Fsp3) is 0.360. The summed E-state index contributed by atoms with van der Waals surface area (Å²) in [6.45, 7) is 6.11. The number of pyridine rings is 1. The van der Waals surface area contributed by atoms with Crippen LogP contribution >= 0.6 is 0 Å². The van der Waals surface area contributed by atoms with Gasteiger partial charge in [0.25, 0.3) is 0 Å². The molecule has 1 aromatic carbocycles. The van der Waals surface area contributed by atoms with Crippen LogP contribution in [0.15, 0.2) is 36.7 Å². The van der Waals surface area contributed by atoms with Crippen molar-refractivity contribution in [2.45, 2.75) is 6.92 Å². The van der Waals surface area contributed by atoms with Gasteiger partial charge in [0, 0.05) is 58.2 Å². The standard InChI is InChI=1S/C25H31N9O/c1-17-13-20(22(35-5)14-21(17)34-11-9-33(4)10-12-34)30-25-28-16-18(15-26)23(31-25)29-19-7-6-8-27-24(19)32(2)3/h6-8,13-14,16H,9-12H2,1-5H3,(H2,28,29,30,31). The van der Waals surface area contributed by atoms with E-state index in [1.54, 1.807) is 13.3 Å². The van der Waals surface area contributed by atoms with Gasteiger partial charge in [0.2, 0.25) is 5.95 Å². The Morgan fingerprint density at radius 2 is 1.86 bits per heavy atom. The fourth-order valence-electron chi connectivity index (χ4n) is 4.05. The van der Waals surface area contributed by atoms with Crippen LogP contribution in [0, 0.1) is 18.3 Å². The second-order valence-corrected chi connectivity index (χ2v) is 8.72. The zero-order chi connectivity index (χ0) is 24.9. The van der Waals surface area contributed by atoms with Gasteiger partial charge in [-0.1, -0.05) is 0 Å². The highest BCUT2D eigenvalue weighted by atomic mass is 16.5. The lowest BCUT2D eigenvalue weighted by molar-refractivity contribution is 0.312. The third-order valence-corrected chi connectivity index (χ3v) is 5.98. The highest BCUT2D eigenvalue weighted by Gasteiger charge is 2.19. The summed E-state index contributed by atoms with van der Waals surface area (Å²) < 4.78 is 5.70. The average molecular weight is 474 g/mol. The molecule has 0 radical (unpaired) electrons. The summed E-state index contributed by atoms with van der Waals surface area (Å²) in [5.41, 5.74) is 4.13. The molecular weight excluding hydrogens is 442 g/mol. The van der Waals surface area contributed by atoms with Crippen molar-refractivity contribution >= 4 is 34.6 Å². The molecule has 0 aliphatic carbocycles. The van der Waals surface area contributed by atoms with Crippen LogP contribution in [0.25, 0.3) is 0 Å². The van der Waals surface area contributed by atoms with E-state index in [0.29, 0.717) is 23.1 Å². The van der Waals surface area contributed by atoms with Crippen molar-refractivity contribution in [1.82, 2.24) is 19.9 Å². The molecule has 35 heavy (non-hydrogen) atoms. The van der Waals surface area contributed by atoms with Gasteiger partial charge in [-0.2, -0.15) is 10.2 Å². The normalized spacial score (nSPS) is 13.8. The molecule has 1 aliphatic rings. The second kappa shape index (κ2) is 10.4. The number of benzene rings is 1. The number of aromatic nitrogens is 3. The number of likely N-dealkylation sites (N-methyl/N-ethyl adjacent to an activating group) is 1. The number of rotatable bonds is 7. The van der Waals surface area contributed by atoms with E-state index in [-0.39, 0.29) is 0 Å². The van der Waals surface area contributed by atoms with Crippen LogP contribution in [0.2, 0.25) is 0 Å². The van der Waals surface area contributed by atoms with Crippen molar-refractivity contribution in [2.24, 2.45) is 0 Å². The first kappa shape index (κ1) is 24.0. The van der Waals surface area contributed by atoms with Crippen LogP contribution in [-0.4, -0.2) is 74.3 Å². The number of piperazine rings is 1. The Balaban J connectivity index is 1.62. The zero-order valence-corrected chi connectivity index (χ0v) is 20.8. The van der Waals surface area contributed by atoms with Crippen LogP contribution in [0.5, 0.6) is 5.75 Å². The molecule has 3 aromatic rings. The Bertz CT molecular complexity index is 1230. The van der Waals surface area contributed by atoms with Gasteiger partial charge in [0.1, 0.15) is 17.4 Å². The first-order valence-electron chi connectivity index (χ1n) is 11.4. The molecule has 1 saturated heterocycles. The smallest absolute Gasteiger partial charge is 0.229 e. The van der Waals surface area contributed by atoms with E-state index in [1.165, 1.54) is 6.20 Å². The van der Waals surface area contributed by atoms with Gasteiger partial charge < -0.3 is 30.1 Å². The minimum Gasteiger partial charge on any atom is -0.494 e. The van der Waals surface area contributed by atoms with Gasteiger partial charge in [-0.05, 0) is 37.7 Å². The van der Waals surface area contributed by atoms with E-state index in [2.05, 4.69) is 61.5 Å². The lowest BCUT2D eigenvalue weighted by Crippen LogP contribution is -2.44. The number of ether oxygens (including phenoxy) is 1. The minimum absolute atomic E-state index is 0.331. The van der Waals surface area contributed by atoms with E-state index in [0.717, 1.165) is 54.6 Å². The van der Waals surface area contributed by atoms with Crippen molar-refractivity contribution in [3.63, 3.8) is 0 Å². The number of methoxy groups -OCH3 is 1. The summed E-state index contributed by atoms with van der Waals surface area (Å²) in [5.74, 6) is 2.19. The highest BCUT2D eigenvalue weighted by molar-refractivity contribution is 5.75. The quantitative estimate of drug-likeness (QED) is 0.530. The predicted octanol–water partition coefficient (Wildman–Crippen LogP) is 3.37. The lowest BCUT2D eigenvalue weighted by atomic mass is 10.1. The Labute approximate surface area is 206 Å². The fourth-order valence-corrected chi connectivity index (χ4v) is 4.05. The first-order chi connectivity index (χ1) is 16.9. The molecule has 4 rings (SSSR count). The van der Waals surface area contributed by atoms with Crippen molar-refractivity contribution in [3.05, 3.63) is 47.8 Å². The van der Waals surface area contributed by atoms with E-state index < -0.39 is 0 Å². The molecule has 0 saturated carbocycles. The molecule has 1 aliphatic heterocycles. The van der Waals surface area contributed by atoms with Crippen LogP contribution < -0.4 is 25.2 Å². The van der Waals surface area contributed by atoms with E-state index in [1.807, 2.05) is 37.2 Å². The number of aryl methyl sites for hydroxylation is 1. The first-order valence-corrected chi connectivity index (χ1v) is 11.4. The number of nitrogens with one attached hydrogen (secondary N) is 2. The van der Waals surface area contributed by atoms with Crippen molar-refractivity contribution in [1.29, 1.82) is 5.26 Å². The summed E-state index contributed by atoms with van der Waals surface area (Å²) in [7, 11) is 7.62. The van der Waals surface area contributed by atoms with E-state index in [4.69, 9.17) is 4.74 Å². The second-order valence-electron chi connectivity index (χ2n) is 8.72. The summed E-state index contributed by atoms with van der Waals surface area (Å²) in [6.07, 6.45) is 3.22. The van der Waals surface area contributed by atoms with Gasteiger partial charge in [0.05, 0.1) is 24.7 Å². The monoisotopic (exact) mass is 473 g/mol. The van der Waals surface area contributed by atoms with Gasteiger partial charge in [0.15, 0.2) is 11.6 Å². The molecule has 10 nitrogen and oxygen atoms in total. The zero-order valence-electron chi connectivity index (χ0n) is 20.8. The Hall–Kier alpha value is -4.10. The molecule has 2 N–H and O–H groups in total. The number of hydrogen-bond acceptors (Lipinski definition) is 10. The molecule has 182 valence electrons. The Kier molecular flexibility index (Phi) is 7.17. The molecule has 0 unspecified atom stereocenters. The Morgan fingerprint density at radius 1 is 1.09 bits per heavy atom. The minimum atomic E-state index is 0.331. The molecule has 2 aromatic heterocycles. The molecule has 0 bridgehead atoms. The van der Waals surface area contributed by atoms with Crippen LogP contribution in [0.1, 0.15) is 11.1 Å². The SMILES string of the molecule is COc1cc(N2CCN(C)CC2)c(C)cc1Nc1ncc(C#N)c(Nc2cccnc2N(C)C)n1. The van der Waals surface area contributed by atoms with Crippen molar-refractivity contribution in [2.75, 3.05) is 74.9 Å². The lowest BCUT2D eigenvalue weighted by Gasteiger charge is -2.35. The van der Waals surface area contributed by atoms with Crippen LogP contribution in [0.3, 0.4) is 0 Å². The largest absolute Gasteiger partial charge is 0.494 e. The highest BCUT2D eigenvalue weighted by Crippen LogP contribution is 2.35. The topological polar surface area (TPSA) is 105 Å². The number of nitrogens with zero attached hydrogens (tertiary/aromatic N) is 7. The van der Waals surface area contributed by atoms with Gasteiger partial charge in [-0.25, -0.2) is 9.97 Å². The molecule has 3 heterocycles.